The molecule has 2 amide bonds. The molecule has 0 atom stereocenters. The molecule has 1 saturated carbocycles. The third-order valence-corrected chi connectivity index (χ3v) is 4.49. The lowest BCUT2D eigenvalue weighted by Crippen LogP contribution is -2.42. The van der Waals surface area contributed by atoms with Crippen molar-refractivity contribution < 1.29 is 14.7 Å². The van der Waals surface area contributed by atoms with Crippen LogP contribution in [0.15, 0.2) is 24.3 Å². The molecule has 0 bridgehead atoms. The monoisotopic (exact) mass is 304 g/mol. The van der Waals surface area contributed by atoms with E-state index in [9.17, 15) is 9.59 Å². The minimum Gasteiger partial charge on any atom is -0.396 e. The van der Waals surface area contributed by atoms with E-state index in [1.54, 1.807) is 29.2 Å². The summed E-state index contributed by atoms with van der Waals surface area (Å²) in [6.45, 7) is 1.76. The molecular weight excluding hydrogens is 280 g/mol. The van der Waals surface area contributed by atoms with Crippen LogP contribution in [0.1, 0.15) is 43.0 Å². The van der Waals surface area contributed by atoms with E-state index in [-0.39, 0.29) is 24.5 Å². The summed E-state index contributed by atoms with van der Waals surface area (Å²) >= 11 is 0. The van der Waals surface area contributed by atoms with Gasteiger partial charge in [0.2, 0.25) is 0 Å². The highest BCUT2D eigenvalue weighted by atomic mass is 16.3. The van der Waals surface area contributed by atoms with E-state index in [2.05, 4.69) is 5.32 Å². The summed E-state index contributed by atoms with van der Waals surface area (Å²) in [6, 6.07) is 6.99. The minimum atomic E-state index is -0.136. The summed E-state index contributed by atoms with van der Waals surface area (Å²) in [6.07, 6.45) is 3.79. The number of aliphatic hydroxyl groups is 1. The summed E-state index contributed by atoms with van der Waals surface area (Å²) in [4.78, 5) is 25.3. The maximum atomic E-state index is 12.3. The van der Waals surface area contributed by atoms with Gasteiger partial charge >= 0.3 is 6.03 Å². The van der Waals surface area contributed by atoms with E-state index in [0.29, 0.717) is 17.2 Å². The van der Waals surface area contributed by atoms with Gasteiger partial charge < -0.3 is 15.3 Å². The first-order valence-electron chi connectivity index (χ1n) is 7.77. The number of benzene rings is 1. The largest absolute Gasteiger partial charge is 0.396 e. The molecule has 0 spiro atoms. The molecule has 2 N–H and O–H groups in total. The molecule has 1 aliphatic rings. The Morgan fingerprint density at radius 1 is 1.18 bits per heavy atom. The Labute approximate surface area is 131 Å². The number of Topliss-reactive ketones (excluding diaryl/α,β-unsaturated/α-hetero) is 1. The Bertz CT molecular complexity index is 519. The first-order valence-corrected chi connectivity index (χ1v) is 7.77. The van der Waals surface area contributed by atoms with Gasteiger partial charge in [-0.15, -0.1) is 0 Å². The van der Waals surface area contributed by atoms with Gasteiger partial charge in [-0.2, -0.15) is 0 Å². The van der Waals surface area contributed by atoms with Gasteiger partial charge in [0.15, 0.2) is 5.78 Å². The Morgan fingerprint density at radius 2 is 1.77 bits per heavy atom. The molecule has 0 aromatic heterocycles. The number of nitrogens with zero attached hydrogens (tertiary/aromatic N) is 1. The number of urea groups is 1. The molecule has 120 valence electrons. The highest BCUT2D eigenvalue weighted by Gasteiger charge is 2.26. The van der Waals surface area contributed by atoms with Crippen LogP contribution in [0.5, 0.6) is 0 Å². The molecule has 0 saturated heterocycles. The maximum absolute atomic E-state index is 12.3. The zero-order chi connectivity index (χ0) is 16.1. The average molecular weight is 304 g/mol. The SMILES string of the molecule is CC(=O)c1ccc(NC(=O)N(C)C2CCC(CO)CC2)cc1. The number of anilines is 1. The fraction of sp³-hybridized carbons (Fsp3) is 0.529. The lowest BCUT2D eigenvalue weighted by Gasteiger charge is -2.34. The molecule has 0 heterocycles. The number of ketones is 1. The molecule has 0 unspecified atom stereocenters. The Morgan fingerprint density at radius 3 is 2.27 bits per heavy atom. The van der Waals surface area contributed by atoms with Crippen LogP contribution in [0.3, 0.4) is 0 Å². The number of nitrogens with one attached hydrogen (secondary N) is 1. The molecule has 0 radical (unpaired) electrons. The fourth-order valence-corrected chi connectivity index (χ4v) is 2.88. The summed E-state index contributed by atoms with van der Waals surface area (Å²) in [5.41, 5.74) is 1.32. The molecule has 5 nitrogen and oxygen atoms in total. The third kappa shape index (κ3) is 4.07. The summed E-state index contributed by atoms with van der Waals surface area (Å²) < 4.78 is 0. The first-order chi connectivity index (χ1) is 10.5. The zero-order valence-electron chi connectivity index (χ0n) is 13.2. The maximum Gasteiger partial charge on any atom is 0.321 e. The van der Waals surface area contributed by atoms with Crippen LogP contribution in [-0.4, -0.2) is 41.5 Å². The summed E-state index contributed by atoms with van der Waals surface area (Å²) in [5, 5.41) is 12.0. The molecule has 1 aromatic carbocycles. The van der Waals surface area contributed by atoms with Gasteiger partial charge in [-0.05, 0) is 62.8 Å². The van der Waals surface area contributed by atoms with E-state index < -0.39 is 0 Å². The zero-order valence-corrected chi connectivity index (χ0v) is 13.2. The van der Waals surface area contributed by atoms with Gasteiger partial charge in [0.25, 0.3) is 0 Å². The van der Waals surface area contributed by atoms with Gasteiger partial charge in [-0.25, -0.2) is 4.79 Å². The molecule has 0 aliphatic heterocycles. The van der Waals surface area contributed by atoms with Crippen molar-refractivity contribution in [2.24, 2.45) is 5.92 Å². The van der Waals surface area contributed by atoms with Crippen LogP contribution < -0.4 is 5.32 Å². The number of amides is 2. The predicted molar refractivity (Wildman–Crippen MR) is 86.1 cm³/mol. The van der Waals surface area contributed by atoms with E-state index >= 15 is 0 Å². The van der Waals surface area contributed by atoms with Crippen LogP contribution in [0.4, 0.5) is 10.5 Å². The number of rotatable bonds is 4. The molecule has 22 heavy (non-hydrogen) atoms. The fourth-order valence-electron chi connectivity index (χ4n) is 2.88. The second-order valence-electron chi connectivity index (χ2n) is 6.03. The third-order valence-electron chi connectivity index (χ3n) is 4.49. The number of carbonyl (C=O) groups excluding carboxylic acids is 2. The first kappa shape index (κ1) is 16.5. The molecule has 2 rings (SSSR count). The Balaban J connectivity index is 1.90. The van der Waals surface area contributed by atoms with Crippen molar-refractivity contribution >= 4 is 17.5 Å². The van der Waals surface area contributed by atoms with Crippen LogP contribution in [0.2, 0.25) is 0 Å². The van der Waals surface area contributed by atoms with Crippen LogP contribution in [-0.2, 0) is 0 Å². The van der Waals surface area contributed by atoms with Crippen molar-refractivity contribution in [3.05, 3.63) is 29.8 Å². The molecular formula is C17H24N2O3. The number of hydrogen-bond donors (Lipinski definition) is 2. The Kier molecular flexibility index (Phi) is 5.55. The lowest BCUT2D eigenvalue weighted by molar-refractivity contribution is 0.101. The molecule has 1 fully saturated rings. The van der Waals surface area contributed by atoms with Crippen molar-refractivity contribution in [1.82, 2.24) is 4.90 Å². The van der Waals surface area contributed by atoms with Gasteiger partial charge in [0, 0.05) is 30.9 Å². The van der Waals surface area contributed by atoms with E-state index in [4.69, 9.17) is 5.11 Å². The van der Waals surface area contributed by atoms with Gasteiger partial charge in [-0.1, -0.05) is 0 Å². The molecule has 5 heteroatoms. The minimum absolute atomic E-state index is 0.00985. The molecule has 1 aliphatic carbocycles. The summed E-state index contributed by atoms with van der Waals surface area (Å²) in [7, 11) is 1.81. The topological polar surface area (TPSA) is 69.6 Å². The lowest BCUT2D eigenvalue weighted by atomic mass is 9.86. The van der Waals surface area contributed by atoms with E-state index in [1.165, 1.54) is 6.92 Å². The predicted octanol–water partition coefficient (Wildman–Crippen LogP) is 2.90. The van der Waals surface area contributed by atoms with Crippen molar-refractivity contribution in [3.8, 4) is 0 Å². The second-order valence-corrected chi connectivity index (χ2v) is 6.03. The van der Waals surface area contributed by atoms with E-state index in [0.717, 1.165) is 25.7 Å². The Hall–Kier alpha value is -1.88. The summed E-state index contributed by atoms with van der Waals surface area (Å²) in [5.74, 6) is 0.391. The second kappa shape index (κ2) is 7.40. The van der Waals surface area contributed by atoms with Crippen molar-refractivity contribution in [2.45, 2.75) is 38.6 Å². The number of aliphatic hydroxyl groups excluding tert-OH is 1. The standard InChI is InChI=1S/C17H24N2O3/c1-12(21)14-5-7-15(8-6-14)18-17(22)19(2)16-9-3-13(11-20)4-10-16/h5-8,13,16,20H,3-4,9-11H2,1-2H3,(H,18,22). The normalized spacial score (nSPS) is 21.2. The van der Waals surface area contributed by atoms with E-state index in [1.807, 2.05) is 7.05 Å². The van der Waals surface area contributed by atoms with Crippen molar-refractivity contribution in [1.29, 1.82) is 0 Å². The highest BCUT2D eigenvalue weighted by Crippen LogP contribution is 2.27. The average Bonchev–Trinajstić information content (AvgIpc) is 2.54. The van der Waals surface area contributed by atoms with Crippen molar-refractivity contribution in [2.75, 3.05) is 19.0 Å². The molecule has 1 aromatic rings. The van der Waals surface area contributed by atoms with Crippen LogP contribution in [0, 0.1) is 5.92 Å². The van der Waals surface area contributed by atoms with Crippen molar-refractivity contribution in [3.63, 3.8) is 0 Å². The van der Waals surface area contributed by atoms with Crippen LogP contribution in [0.25, 0.3) is 0 Å². The quantitative estimate of drug-likeness (QED) is 0.840. The highest BCUT2D eigenvalue weighted by molar-refractivity contribution is 5.95. The van der Waals surface area contributed by atoms with Crippen LogP contribution >= 0.6 is 0 Å². The van der Waals surface area contributed by atoms with Gasteiger partial charge in [0.1, 0.15) is 0 Å². The number of hydrogen-bond acceptors (Lipinski definition) is 3. The van der Waals surface area contributed by atoms with Gasteiger partial charge in [-0.3, -0.25) is 4.79 Å². The number of carbonyl (C=O) groups is 2. The van der Waals surface area contributed by atoms with Gasteiger partial charge in [0.05, 0.1) is 0 Å². The smallest absolute Gasteiger partial charge is 0.321 e.